The second-order valence-corrected chi connectivity index (χ2v) is 2.39. The Bertz CT molecular complexity index is 350. The van der Waals surface area contributed by atoms with E-state index in [1.807, 2.05) is 0 Å². The Morgan fingerprint density at radius 3 is 2.64 bits per heavy atom. The number of nitrogen functional groups attached to an aromatic ring is 1. The van der Waals surface area contributed by atoms with Crippen LogP contribution in [0.2, 0.25) is 0 Å². The van der Waals surface area contributed by atoms with E-state index in [9.17, 15) is 18.0 Å². The first kappa shape index (κ1) is 10.5. The monoisotopic (exact) mass is 205 g/mol. The molecule has 4 nitrogen and oxygen atoms in total. The van der Waals surface area contributed by atoms with E-state index in [0.29, 0.717) is 6.07 Å². The first-order chi connectivity index (χ1) is 6.46. The largest absolute Gasteiger partial charge is 0.417 e. The summed E-state index contributed by atoms with van der Waals surface area (Å²) in [5, 5.41) is 0. The third-order valence-corrected chi connectivity index (χ3v) is 1.50. The van der Waals surface area contributed by atoms with Crippen LogP contribution in [0.3, 0.4) is 0 Å². The Hall–Kier alpha value is -1.63. The van der Waals surface area contributed by atoms with Crippen LogP contribution in [0.4, 0.5) is 13.2 Å². The maximum atomic E-state index is 12.3. The molecule has 0 bridgehead atoms. The Kier molecular flexibility index (Phi) is 2.70. The number of rotatable bonds is 1. The second kappa shape index (κ2) is 3.62. The van der Waals surface area contributed by atoms with Crippen LogP contribution in [0.25, 0.3) is 0 Å². The lowest BCUT2D eigenvalue weighted by Gasteiger charge is -2.10. The number of amides is 1. The maximum absolute atomic E-state index is 12.3. The number of nitrogens with one attached hydrogen (secondary N) is 1. The average molecular weight is 205 g/mol. The standard InChI is InChI=1S/C7H6F3N3O/c8-7(9,10)5-1-2-12-3-4(5)6(14)13-11/h1-3H,11H2,(H,13,14). The summed E-state index contributed by atoms with van der Waals surface area (Å²) in [5.74, 6) is 3.70. The van der Waals surface area contributed by atoms with E-state index < -0.39 is 23.2 Å². The van der Waals surface area contributed by atoms with Gasteiger partial charge in [-0.1, -0.05) is 0 Å². The van der Waals surface area contributed by atoms with Crippen LogP contribution < -0.4 is 11.3 Å². The molecule has 0 saturated carbocycles. The van der Waals surface area contributed by atoms with Gasteiger partial charge in [-0.3, -0.25) is 15.2 Å². The van der Waals surface area contributed by atoms with Crippen molar-refractivity contribution in [3.05, 3.63) is 29.6 Å². The van der Waals surface area contributed by atoms with Crippen molar-refractivity contribution in [2.45, 2.75) is 6.18 Å². The van der Waals surface area contributed by atoms with Gasteiger partial charge in [-0.15, -0.1) is 0 Å². The van der Waals surface area contributed by atoms with Crippen LogP contribution in [0.15, 0.2) is 18.5 Å². The minimum atomic E-state index is -4.59. The van der Waals surface area contributed by atoms with Gasteiger partial charge in [-0.2, -0.15) is 13.2 Å². The van der Waals surface area contributed by atoms with Crippen molar-refractivity contribution in [3.63, 3.8) is 0 Å². The van der Waals surface area contributed by atoms with E-state index in [-0.39, 0.29) is 0 Å². The van der Waals surface area contributed by atoms with Crippen LogP contribution in [0.1, 0.15) is 15.9 Å². The van der Waals surface area contributed by atoms with E-state index in [0.717, 1.165) is 12.4 Å². The highest BCUT2D eigenvalue weighted by Crippen LogP contribution is 2.31. The van der Waals surface area contributed by atoms with E-state index in [1.54, 1.807) is 5.43 Å². The van der Waals surface area contributed by atoms with Crippen LogP contribution in [0, 0.1) is 0 Å². The molecule has 0 aliphatic carbocycles. The molecule has 0 unspecified atom stereocenters. The number of alkyl halides is 3. The molecule has 7 heteroatoms. The van der Waals surface area contributed by atoms with Gasteiger partial charge in [0.05, 0.1) is 11.1 Å². The molecule has 1 aromatic rings. The normalized spacial score (nSPS) is 11.1. The molecular weight excluding hydrogens is 199 g/mol. The zero-order chi connectivity index (χ0) is 10.8. The fourth-order valence-corrected chi connectivity index (χ4v) is 0.900. The highest BCUT2D eigenvalue weighted by Gasteiger charge is 2.34. The molecular formula is C7H6F3N3O. The van der Waals surface area contributed by atoms with Crippen LogP contribution in [0.5, 0.6) is 0 Å². The van der Waals surface area contributed by atoms with Crippen molar-refractivity contribution < 1.29 is 18.0 Å². The summed E-state index contributed by atoms with van der Waals surface area (Å²) in [5.41, 5.74) is -0.0399. The summed E-state index contributed by atoms with van der Waals surface area (Å²) in [6, 6.07) is 0.713. The lowest BCUT2D eigenvalue weighted by molar-refractivity contribution is -0.138. The van der Waals surface area contributed by atoms with Gasteiger partial charge < -0.3 is 0 Å². The lowest BCUT2D eigenvalue weighted by atomic mass is 10.1. The van der Waals surface area contributed by atoms with Gasteiger partial charge in [0.15, 0.2) is 0 Å². The molecule has 1 rings (SSSR count). The molecule has 0 aliphatic heterocycles. The van der Waals surface area contributed by atoms with Crippen molar-refractivity contribution in [2.75, 3.05) is 0 Å². The summed E-state index contributed by atoms with van der Waals surface area (Å²) in [6.07, 6.45) is -2.83. The fourth-order valence-electron chi connectivity index (χ4n) is 0.900. The number of hydrogen-bond donors (Lipinski definition) is 2. The molecule has 1 aromatic heterocycles. The number of carbonyl (C=O) groups excluding carboxylic acids is 1. The summed E-state index contributed by atoms with van der Waals surface area (Å²) >= 11 is 0. The first-order valence-electron chi connectivity index (χ1n) is 3.49. The van der Waals surface area contributed by atoms with Crippen molar-refractivity contribution in [2.24, 2.45) is 5.84 Å². The number of nitrogens with two attached hydrogens (primary N) is 1. The molecule has 0 aromatic carbocycles. The van der Waals surface area contributed by atoms with Gasteiger partial charge in [-0.25, -0.2) is 5.84 Å². The minimum absolute atomic E-state index is 0.595. The lowest BCUT2D eigenvalue weighted by Crippen LogP contribution is -2.32. The number of hydrazine groups is 1. The molecule has 0 fully saturated rings. The number of halogens is 3. The zero-order valence-corrected chi connectivity index (χ0v) is 6.80. The number of carbonyl (C=O) groups is 1. The Labute approximate surface area is 76.9 Å². The van der Waals surface area contributed by atoms with Gasteiger partial charge >= 0.3 is 6.18 Å². The number of hydrogen-bond acceptors (Lipinski definition) is 3. The van der Waals surface area contributed by atoms with E-state index in [4.69, 9.17) is 5.84 Å². The molecule has 14 heavy (non-hydrogen) atoms. The number of nitrogens with zero attached hydrogens (tertiary/aromatic N) is 1. The molecule has 0 atom stereocenters. The molecule has 0 aliphatic rings. The average Bonchev–Trinajstić information content (AvgIpc) is 2.15. The molecule has 1 heterocycles. The summed E-state index contributed by atoms with van der Waals surface area (Å²) < 4.78 is 36.9. The molecule has 3 N–H and O–H groups in total. The topological polar surface area (TPSA) is 68.0 Å². The first-order valence-corrected chi connectivity index (χ1v) is 3.49. The molecule has 0 radical (unpaired) electrons. The summed E-state index contributed by atoms with van der Waals surface area (Å²) in [4.78, 5) is 14.3. The van der Waals surface area contributed by atoms with E-state index in [1.165, 1.54) is 0 Å². The SMILES string of the molecule is NNC(=O)c1cnccc1C(F)(F)F. The van der Waals surface area contributed by atoms with Crippen molar-refractivity contribution in [1.29, 1.82) is 0 Å². The van der Waals surface area contributed by atoms with Crippen LogP contribution in [-0.2, 0) is 6.18 Å². The van der Waals surface area contributed by atoms with E-state index >= 15 is 0 Å². The quantitative estimate of drug-likeness (QED) is 0.403. The van der Waals surface area contributed by atoms with Gasteiger partial charge in [0.1, 0.15) is 0 Å². The highest BCUT2D eigenvalue weighted by atomic mass is 19.4. The van der Waals surface area contributed by atoms with E-state index in [2.05, 4.69) is 4.98 Å². The second-order valence-electron chi connectivity index (χ2n) is 2.39. The Balaban J connectivity index is 3.23. The Morgan fingerprint density at radius 1 is 1.50 bits per heavy atom. The summed E-state index contributed by atoms with van der Waals surface area (Å²) in [7, 11) is 0. The van der Waals surface area contributed by atoms with Crippen LogP contribution in [-0.4, -0.2) is 10.9 Å². The zero-order valence-electron chi connectivity index (χ0n) is 6.80. The fraction of sp³-hybridized carbons (Fsp3) is 0.143. The van der Waals surface area contributed by atoms with Crippen molar-refractivity contribution in [3.8, 4) is 0 Å². The third-order valence-electron chi connectivity index (χ3n) is 1.50. The van der Waals surface area contributed by atoms with Crippen molar-refractivity contribution >= 4 is 5.91 Å². The predicted octanol–water partition coefficient (Wildman–Crippen LogP) is 0.704. The van der Waals surface area contributed by atoms with Gasteiger partial charge in [0.25, 0.3) is 5.91 Å². The summed E-state index contributed by atoms with van der Waals surface area (Å²) in [6.45, 7) is 0. The Morgan fingerprint density at radius 2 is 2.14 bits per heavy atom. The van der Waals surface area contributed by atoms with Gasteiger partial charge in [-0.05, 0) is 6.07 Å². The van der Waals surface area contributed by atoms with Gasteiger partial charge in [0, 0.05) is 12.4 Å². The molecule has 1 amide bonds. The third kappa shape index (κ3) is 1.99. The highest BCUT2D eigenvalue weighted by molar-refractivity contribution is 5.95. The molecule has 0 spiro atoms. The number of aromatic nitrogens is 1. The predicted molar refractivity (Wildman–Crippen MR) is 40.9 cm³/mol. The molecule has 76 valence electrons. The molecule has 0 saturated heterocycles. The van der Waals surface area contributed by atoms with Gasteiger partial charge in [0.2, 0.25) is 0 Å². The minimum Gasteiger partial charge on any atom is -0.290 e. The maximum Gasteiger partial charge on any atom is 0.417 e. The smallest absolute Gasteiger partial charge is 0.290 e. The van der Waals surface area contributed by atoms with Crippen LogP contribution >= 0.6 is 0 Å². The number of pyridine rings is 1. The van der Waals surface area contributed by atoms with Crippen molar-refractivity contribution in [1.82, 2.24) is 10.4 Å².